The van der Waals surface area contributed by atoms with Gasteiger partial charge in [0.05, 0.1) is 5.69 Å². The second kappa shape index (κ2) is 2.66. The first-order chi connectivity index (χ1) is 6.69. The van der Waals surface area contributed by atoms with Gasteiger partial charge in [0.2, 0.25) is 0 Å². The zero-order valence-corrected chi connectivity index (χ0v) is 9.55. The number of benzene rings is 1. The van der Waals surface area contributed by atoms with Crippen molar-refractivity contribution < 1.29 is 0 Å². The molecule has 1 aliphatic heterocycles. The van der Waals surface area contributed by atoms with E-state index >= 15 is 0 Å². The van der Waals surface area contributed by atoms with Crippen molar-refractivity contribution in [2.24, 2.45) is 5.41 Å². The minimum absolute atomic E-state index is 0.709. The van der Waals surface area contributed by atoms with Crippen LogP contribution in [0, 0.1) is 5.41 Å². The lowest BCUT2D eigenvalue weighted by molar-refractivity contribution is 0.387. The molecule has 0 aromatic heterocycles. The maximum atomic E-state index is 5.70. The third kappa shape index (κ3) is 1.22. The summed E-state index contributed by atoms with van der Waals surface area (Å²) in [6.07, 6.45) is 2.85. The van der Waals surface area contributed by atoms with Crippen LogP contribution in [0.1, 0.15) is 12.8 Å². The molecule has 1 saturated heterocycles. The predicted molar refractivity (Wildman–Crippen MR) is 62.4 cm³/mol. The Labute approximate surface area is 92.2 Å². The fraction of sp³-hybridized carbons (Fsp3) is 0.455. The van der Waals surface area contributed by atoms with Crippen LogP contribution in [0.25, 0.3) is 0 Å². The number of anilines is 2. The summed E-state index contributed by atoms with van der Waals surface area (Å²) in [6.45, 7) is 2.46. The minimum Gasteiger partial charge on any atom is -0.399 e. The molecule has 3 rings (SSSR count). The first-order valence-corrected chi connectivity index (χ1v) is 5.78. The molecule has 0 radical (unpaired) electrons. The number of nitrogens with two attached hydrogens (primary N) is 1. The number of hydrogen-bond donors (Lipinski definition) is 1. The molecule has 1 heterocycles. The Balaban J connectivity index is 1.83. The van der Waals surface area contributed by atoms with Crippen LogP contribution in [0.5, 0.6) is 0 Å². The van der Waals surface area contributed by atoms with Gasteiger partial charge in [0.15, 0.2) is 0 Å². The summed E-state index contributed by atoms with van der Waals surface area (Å²) in [5, 5.41) is 0. The van der Waals surface area contributed by atoms with Crippen LogP contribution in [-0.4, -0.2) is 13.1 Å². The van der Waals surface area contributed by atoms with Gasteiger partial charge in [0.25, 0.3) is 0 Å². The Hall–Kier alpha value is -0.700. The van der Waals surface area contributed by atoms with Crippen molar-refractivity contribution in [3.05, 3.63) is 22.7 Å². The van der Waals surface area contributed by atoms with Gasteiger partial charge in [0.1, 0.15) is 0 Å². The highest BCUT2D eigenvalue weighted by Gasteiger charge is 2.52. The molecule has 2 aliphatic rings. The van der Waals surface area contributed by atoms with E-state index < -0.39 is 0 Å². The molecule has 2 nitrogen and oxygen atoms in total. The molecule has 0 amide bonds. The van der Waals surface area contributed by atoms with Gasteiger partial charge in [-0.15, -0.1) is 0 Å². The average molecular weight is 253 g/mol. The molecule has 2 N–H and O–H groups in total. The van der Waals surface area contributed by atoms with Crippen LogP contribution in [0.4, 0.5) is 11.4 Å². The van der Waals surface area contributed by atoms with E-state index in [-0.39, 0.29) is 0 Å². The van der Waals surface area contributed by atoms with Gasteiger partial charge in [-0.1, -0.05) is 0 Å². The van der Waals surface area contributed by atoms with Crippen molar-refractivity contribution in [3.8, 4) is 0 Å². The fourth-order valence-electron chi connectivity index (χ4n) is 2.21. The summed E-state index contributed by atoms with van der Waals surface area (Å²) < 4.78 is 1.12. The summed E-state index contributed by atoms with van der Waals surface area (Å²) in [6, 6.07) is 6.06. The summed E-state index contributed by atoms with van der Waals surface area (Å²) in [5.74, 6) is 0. The highest BCUT2D eigenvalue weighted by Crippen LogP contribution is 2.54. The van der Waals surface area contributed by atoms with Gasteiger partial charge in [-0.25, -0.2) is 0 Å². The van der Waals surface area contributed by atoms with E-state index in [1.54, 1.807) is 0 Å². The van der Waals surface area contributed by atoms with Crippen LogP contribution in [0.3, 0.4) is 0 Å². The topological polar surface area (TPSA) is 29.3 Å². The Morgan fingerprint density at radius 3 is 2.57 bits per heavy atom. The molecular weight excluding hydrogens is 240 g/mol. The van der Waals surface area contributed by atoms with Crippen molar-refractivity contribution in [3.63, 3.8) is 0 Å². The Kier molecular flexibility index (Phi) is 1.63. The lowest BCUT2D eigenvalue weighted by Gasteiger charge is -2.42. The number of halogens is 1. The first-order valence-electron chi connectivity index (χ1n) is 4.99. The molecule has 1 aliphatic carbocycles. The lowest BCUT2D eigenvalue weighted by atomic mass is 9.96. The summed E-state index contributed by atoms with van der Waals surface area (Å²) in [4.78, 5) is 2.43. The summed E-state index contributed by atoms with van der Waals surface area (Å²) in [7, 11) is 0. The van der Waals surface area contributed by atoms with E-state index in [0.717, 1.165) is 10.2 Å². The summed E-state index contributed by atoms with van der Waals surface area (Å²) in [5.41, 5.74) is 8.52. The average Bonchev–Trinajstić information content (AvgIpc) is 2.81. The van der Waals surface area contributed by atoms with Gasteiger partial charge in [-0.2, -0.15) is 0 Å². The van der Waals surface area contributed by atoms with Gasteiger partial charge in [0, 0.05) is 28.7 Å². The van der Waals surface area contributed by atoms with Crippen LogP contribution in [0.15, 0.2) is 22.7 Å². The van der Waals surface area contributed by atoms with Crippen molar-refractivity contribution in [1.82, 2.24) is 0 Å². The van der Waals surface area contributed by atoms with Crippen LogP contribution >= 0.6 is 15.9 Å². The molecule has 1 aromatic carbocycles. The van der Waals surface area contributed by atoms with Crippen LogP contribution in [0.2, 0.25) is 0 Å². The smallest absolute Gasteiger partial charge is 0.0512 e. The van der Waals surface area contributed by atoms with Crippen LogP contribution in [-0.2, 0) is 0 Å². The van der Waals surface area contributed by atoms with E-state index in [1.165, 1.54) is 31.6 Å². The number of nitrogen functional groups attached to an aromatic ring is 1. The van der Waals surface area contributed by atoms with Crippen LogP contribution < -0.4 is 10.6 Å². The second-order valence-electron chi connectivity index (χ2n) is 4.57. The van der Waals surface area contributed by atoms with E-state index in [1.807, 2.05) is 12.1 Å². The highest BCUT2D eigenvalue weighted by atomic mass is 79.9. The molecule has 14 heavy (non-hydrogen) atoms. The van der Waals surface area contributed by atoms with Gasteiger partial charge >= 0.3 is 0 Å². The molecule has 2 fully saturated rings. The minimum atomic E-state index is 0.709. The van der Waals surface area contributed by atoms with Crippen molar-refractivity contribution in [1.29, 1.82) is 0 Å². The molecule has 0 unspecified atom stereocenters. The number of hydrogen-bond acceptors (Lipinski definition) is 2. The molecule has 0 atom stereocenters. The highest BCUT2D eigenvalue weighted by molar-refractivity contribution is 9.10. The Bertz CT molecular complexity index is 377. The monoisotopic (exact) mass is 252 g/mol. The quantitative estimate of drug-likeness (QED) is 0.779. The molecule has 3 heteroatoms. The van der Waals surface area contributed by atoms with Crippen molar-refractivity contribution in [2.75, 3.05) is 23.7 Å². The van der Waals surface area contributed by atoms with E-state index in [9.17, 15) is 0 Å². The fourth-order valence-corrected chi connectivity index (χ4v) is 2.85. The Morgan fingerprint density at radius 2 is 2.00 bits per heavy atom. The lowest BCUT2D eigenvalue weighted by Crippen LogP contribution is -2.48. The molecular formula is C11H13BrN2. The van der Waals surface area contributed by atoms with Gasteiger partial charge in [-0.05, 0) is 47.0 Å². The SMILES string of the molecule is Nc1ccc(N2CC3(CC3)C2)c(Br)c1. The van der Waals surface area contributed by atoms with Crippen molar-refractivity contribution >= 4 is 27.3 Å². The number of rotatable bonds is 1. The normalized spacial score (nSPS) is 22.2. The first kappa shape index (κ1) is 8.60. The molecule has 74 valence electrons. The summed E-state index contributed by atoms with van der Waals surface area (Å²) >= 11 is 3.56. The maximum absolute atomic E-state index is 5.70. The van der Waals surface area contributed by atoms with Crippen molar-refractivity contribution in [2.45, 2.75) is 12.8 Å². The number of nitrogens with zero attached hydrogens (tertiary/aromatic N) is 1. The molecule has 0 bridgehead atoms. The second-order valence-corrected chi connectivity index (χ2v) is 5.42. The van der Waals surface area contributed by atoms with Gasteiger partial charge < -0.3 is 10.6 Å². The van der Waals surface area contributed by atoms with E-state index in [2.05, 4.69) is 26.9 Å². The Morgan fingerprint density at radius 1 is 1.29 bits per heavy atom. The third-order valence-electron chi connectivity index (χ3n) is 3.32. The largest absolute Gasteiger partial charge is 0.399 e. The molecule has 1 spiro atoms. The molecule has 1 saturated carbocycles. The third-order valence-corrected chi connectivity index (χ3v) is 3.96. The molecule has 1 aromatic rings. The zero-order chi connectivity index (χ0) is 9.76. The zero-order valence-electron chi connectivity index (χ0n) is 7.96. The van der Waals surface area contributed by atoms with Gasteiger partial charge in [-0.3, -0.25) is 0 Å². The van der Waals surface area contributed by atoms with E-state index in [4.69, 9.17) is 5.73 Å². The van der Waals surface area contributed by atoms with E-state index in [0.29, 0.717) is 5.41 Å². The maximum Gasteiger partial charge on any atom is 0.0512 e. The standard InChI is InChI=1S/C11H13BrN2/c12-9-5-8(13)1-2-10(9)14-6-11(7-14)3-4-11/h1-2,5H,3-4,6-7,13H2. The predicted octanol–water partition coefficient (Wildman–Crippen LogP) is 2.63.